The number of ether oxygens (including phenoxy) is 3. The van der Waals surface area contributed by atoms with Crippen LogP contribution < -0.4 is 10.3 Å². The molecule has 1 aliphatic rings. The Morgan fingerprint density at radius 2 is 2.09 bits per heavy atom. The molecule has 5 heteroatoms. The summed E-state index contributed by atoms with van der Waals surface area (Å²) in [6, 6.07) is 7.38. The van der Waals surface area contributed by atoms with Crippen molar-refractivity contribution in [3.63, 3.8) is 0 Å². The van der Waals surface area contributed by atoms with Crippen LogP contribution in [0.2, 0.25) is 0 Å². The Bertz CT molecular complexity index is 757. The fraction of sp³-hybridized carbons (Fsp3) is 0.353. The van der Waals surface area contributed by atoms with Gasteiger partial charge in [-0.1, -0.05) is 12.2 Å². The molecule has 1 saturated heterocycles. The summed E-state index contributed by atoms with van der Waals surface area (Å²) in [6.07, 6.45) is 3.48. The maximum atomic E-state index is 12.5. The van der Waals surface area contributed by atoms with E-state index in [9.17, 15) is 4.79 Å². The van der Waals surface area contributed by atoms with Gasteiger partial charge in [0.15, 0.2) is 6.29 Å². The number of nitrogens with zero attached hydrogens (tertiary/aromatic N) is 1. The highest BCUT2D eigenvalue weighted by molar-refractivity contribution is 5.89. The Labute approximate surface area is 128 Å². The minimum absolute atomic E-state index is 0.0760. The summed E-state index contributed by atoms with van der Waals surface area (Å²) < 4.78 is 17.9. The smallest absolute Gasteiger partial charge is 0.251 e. The molecule has 0 spiro atoms. The van der Waals surface area contributed by atoms with E-state index in [0.29, 0.717) is 25.5 Å². The highest BCUT2D eigenvalue weighted by Crippen LogP contribution is 2.24. The molecule has 0 atom stereocenters. The minimum atomic E-state index is -0.375. The van der Waals surface area contributed by atoms with Crippen molar-refractivity contribution >= 4 is 17.0 Å². The number of methoxy groups -OCH3 is 1. The lowest BCUT2D eigenvalue weighted by molar-refractivity contribution is -0.0522. The topological polar surface area (TPSA) is 49.7 Å². The summed E-state index contributed by atoms with van der Waals surface area (Å²) in [5.74, 6) is 0.714. The SMILES string of the molecule is C/C=C/c1cc(=O)n(CC2OCCO2)c2cc(OC)ccc12. The minimum Gasteiger partial charge on any atom is -0.497 e. The fourth-order valence-electron chi connectivity index (χ4n) is 2.68. The van der Waals surface area contributed by atoms with Gasteiger partial charge in [0.1, 0.15) is 5.75 Å². The first-order valence-electron chi connectivity index (χ1n) is 7.30. The van der Waals surface area contributed by atoms with Gasteiger partial charge in [-0.2, -0.15) is 0 Å². The summed E-state index contributed by atoms with van der Waals surface area (Å²) in [7, 11) is 1.61. The first-order valence-corrected chi connectivity index (χ1v) is 7.30. The maximum absolute atomic E-state index is 12.5. The third kappa shape index (κ3) is 2.77. The van der Waals surface area contributed by atoms with Crippen molar-refractivity contribution in [2.45, 2.75) is 19.8 Å². The number of pyridine rings is 1. The van der Waals surface area contributed by atoms with Gasteiger partial charge in [-0.15, -0.1) is 0 Å². The average Bonchev–Trinajstić information content (AvgIpc) is 3.04. The normalized spacial score (nSPS) is 15.9. The van der Waals surface area contributed by atoms with Crippen LogP contribution in [0.25, 0.3) is 17.0 Å². The molecule has 0 saturated carbocycles. The molecule has 3 rings (SSSR count). The van der Waals surface area contributed by atoms with E-state index in [1.807, 2.05) is 37.3 Å². The van der Waals surface area contributed by atoms with Crippen LogP contribution in [0.1, 0.15) is 12.5 Å². The predicted molar refractivity (Wildman–Crippen MR) is 85.2 cm³/mol. The van der Waals surface area contributed by atoms with Gasteiger partial charge in [-0.3, -0.25) is 4.79 Å². The van der Waals surface area contributed by atoms with Crippen LogP contribution in [0, 0.1) is 0 Å². The molecular formula is C17H19NO4. The number of aromatic nitrogens is 1. The summed E-state index contributed by atoms with van der Waals surface area (Å²) in [6.45, 7) is 3.44. The van der Waals surface area contributed by atoms with Crippen molar-refractivity contribution in [2.24, 2.45) is 0 Å². The molecule has 116 valence electrons. The van der Waals surface area contributed by atoms with Crippen LogP contribution in [0.3, 0.4) is 0 Å². The first-order chi connectivity index (χ1) is 10.7. The van der Waals surface area contributed by atoms with Crippen LogP contribution in [0.15, 0.2) is 35.1 Å². The number of benzene rings is 1. The van der Waals surface area contributed by atoms with Crippen LogP contribution in [-0.4, -0.2) is 31.2 Å². The molecule has 1 aromatic heterocycles. The zero-order valence-corrected chi connectivity index (χ0v) is 12.7. The second-order valence-electron chi connectivity index (χ2n) is 5.10. The Kier molecular flexibility index (Phi) is 4.27. The molecule has 0 amide bonds. The van der Waals surface area contributed by atoms with E-state index >= 15 is 0 Å². The van der Waals surface area contributed by atoms with E-state index in [4.69, 9.17) is 14.2 Å². The van der Waals surface area contributed by atoms with Gasteiger partial charge in [0.2, 0.25) is 0 Å². The van der Waals surface area contributed by atoms with Gasteiger partial charge < -0.3 is 18.8 Å². The molecule has 0 radical (unpaired) electrons. The third-order valence-electron chi connectivity index (χ3n) is 3.72. The zero-order valence-electron chi connectivity index (χ0n) is 12.7. The largest absolute Gasteiger partial charge is 0.497 e. The molecular weight excluding hydrogens is 282 g/mol. The van der Waals surface area contributed by atoms with Crippen LogP contribution in [-0.2, 0) is 16.0 Å². The van der Waals surface area contributed by atoms with Crippen molar-refractivity contribution in [3.8, 4) is 5.75 Å². The van der Waals surface area contributed by atoms with E-state index in [2.05, 4.69) is 0 Å². The Morgan fingerprint density at radius 3 is 2.77 bits per heavy atom. The van der Waals surface area contributed by atoms with Crippen molar-refractivity contribution in [3.05, 3.63) is 46.3 Å². The van der Waals surface area contributed by atoms with E-state index in [-0.39, 0.29) is 11.8 Å². The number of fused-ring (bicyclic) bond motifs is 1. The van der Waals surface area contributed by atoms with Crippen LogP contribution >= 0.6 is 0 Å². The number of rotatable bonds is 4. The molecule has 0 bridgehead atoms. The van der Waals surface area contributed by atoms with Crippen molar-refractivity contribution in [1.29, 1.82) is 0 Å². The Balaban J connectivity index is 2.18. The van der Waals surface area contributed by atoms with Gasteiger partial charge >= 0.3 is 0 Å². The molecule has 0 aliphatic carbocycles. The molecule has 22 heavy (non-hydrogen) atoms. The van der Waals surface area contributed by atoms with Gasteiger partial charge in [0, 0.05) is 17.5 Å². The average molecular weight is 301 g/mol. The Morgan fingerprint density at radius 1 is 1.32 bits per heavy atom. The predicted octanol–water partition coefficient (Wildman–Crippen LogP) is 2.42. The molecule has 0 N–H and O–H groups in total. The summed E-state index contributed by atoms with van der Waals surface area (Å²) in [5, 5.41) is 0.997. The van der Waals surface area contributed by atoms with Crippen molar-refractivity contribution < 1.29 is 14.2 Å². The summed E-state index contributed by atoms with van der Waals surface area (Å²) in [5.41, 5.74) is 1.64. The zero-order chi connectivity index (χ0) is 15.5. The van der Waals surface area contributed by atoms with E-state index < -0.39 is 0 Å². The van der Waals surface area contributed by atoms with Gasteiger partial charge in [-0.25, -0.2) is 0 Å². The summed E-state index contributed by atoms with van der Waals surface area (Å²) >= 11 is 0. The van der Waals surface area contributed by atoms with Crippen LogP contribution in [0.4, 0.5) is 0 Å². The highest BCUT2D eigenvalue weighted by atomic mass is 16.7. The molecule has 1 fully saturated rings. The van der Waals surface area contributed by atoms with Crippen molar-refractivity contribution in [2.75, 3.05) is 20.3 Å². The van der Waals surface area contributed by atoms with Gasteiger partial charge in [-0.05, 0) is 24.6 Å². The summed E-state index contributed by atoms with van der Waals surface area (Å²) in [4.78, 5) is 12.5. The molecule has 2 aromatic rings. The quantitative estimate of drug-likeness (QED) is 0.870. The fourth-order valence-corrected chi connectivity index (χ4v) is 2.68. The second-order valence-corrected chi connectivity index (χ2v) is 5.10. The lowest BCUT2D eigenvalue weighted by atomic mass is 10.1. The molecule has 1 aliphatic heterocycles. The molecule has 0 unspecified atom stereocenters. The van der Waals surface area contributed by atoms with E-state index in [1.165, 1.54) is 0 Å². The monoisotopic (exact) mass is 301 g/mol. The molecule has 1 aromatic carbocycles. The van der Waals surface area contributed by atoms with Crippen LogP contribution in [0.5, 0.6) is 5.75 Å². The third-order valence-corrected chi connectivity index (χ3v) is 3.72. The first kappa shape index (κ1) is 14.8. The second kappa shape index (κ2) is 6.34. The van der Waals surface area contributed by atoms with Crippen molar-refractivity contribution in [1.82, 2.24) is 4.57 Å². The number of allylic oxidation sites excluding steroid dienone is 1. The number of hydrogen-bond acceptors (Lipinski definition) is 4. The highest BCUT2D eigenvalue weighted by Gasteiger charge is 2.19. The molecule has 2 heterocycles. The standard InChI is InChI=1S/C17H19NO4/c1-3-4-12-9-16(19)18(11-17-21-7-8-22-17)15-10-13(20-2)5-6-14(12)15/h3-6,9-10,17H,7-8,11H2,1-2H3/b4-3+. The van der Waals surface area contributed by atoms with Gasteiger partial charge in [0.25, 0.3) is 5.56 Å². The van der Waals surface area contributed by atoms with E-state index in [1.54, 1.807) is 17.7 Å². The maximum Gasteiger partial charge on any atom is 0.251 e. The number of hydrogen-bond donors (Lipinski definition) is 0. The van der Waals surface area contributed by atoms with E-state index in [0.717, 1.165) is 16.5 Å². The Hall–Kier alpha value is -2.11. The van der Waals surface area contributed by atoms with Gasteiger partial charge in [0.05, 0.1) is 32.4 Å². The lowest BCUT2D eigenvalue weighted by Gasteiger charge is -2.16. The lowest BCUT2D eigenvalue weighted by Crippen LogP contribution is -2.27. The molecule has 5 nitrogen and oxygen atoms in total.